The minimum atomic E-state index is -0.199. The first-order valence-corrected chi connectivity index (χ1v) is 6.87. The number of nitrogens with zero attached hydrogens (tertiary/aromatic N) is 3. The molecule has 3 aromatic rings. The van der Waals surface area contributed by atoms with Crippen LogP contribution in [0.1, 0.15) is 30.3 Å². The molecule has 0 unspecified atom stereocenters. The van der Waals surface area contributed by atoms with E-state index in [0.717, 1.165) is 22.6 Å². The minimum Gasteiger partial charge on any atom is -0.309 e. The number of hydrogen-bond donors (Lipinski definition) is 0. The normalized spacial score (nSPS) is 14.8. The summed E-state index contributed by atoms with van der Waals surface area (Å²) in [7, 11) is 0. The Morgan fingerprint density at radius 3 is 2.90 bits per heavy atom. The molecule has 20 heavy (non-hydrogen) atoms. The summed E-state index contributed by atoms with van der Waals surface area (Å²) in [4.78, 5) is 9.13. The van der Waals surface area contributed by atoms with E-state index in [1.54, 1.807) is 18.3 Å². The first-order valence-electron chi connectivity index (χ1n) is 6.87. The maximum atomic E-state index is 13.3. The summed E-state index contributed by atoms with van der Waals surface area (Å²) in [6.45, 7) is 0. The molecule has 3 nitrogen and oxygen atoms in total. The average molecular weight is 267 g/mol. The van der Waals surface area contributed by atoms with Gasteiger partial charge in [-0.15, -0.1) is 0 Å². The van der Waals surface area contributed by atoms with Crippen LogP contribution in [0.5, 0.6) is 0 Å². The van der Waals surface area contributed by atoms with Crippen LogP contribution in [0.25, 0.3) is 11.2 Å². The summed E-state index contributed by atoms with van der Waals surface area (Å²) in [6, 6.07) is 11.1. The van der Waals surface area contributed by atoms with E-state index in [-0.39, 0.29) is 5.82 Å². The molecule has 0 atom stereocenters. The lowest BCUT2D eigenvalue weighted by atomic mass is 10.1. The smallest absolute Gasteiger partial charge is 0.160 e. The Hall–Kier alpha value is -2.23. The second-order valence-corrected chi connectivity index (χ2v) is 5.28. The summed E-state index contributed by atoms with van der Waals surface area (Å²) < 4.78 is 15.5. The number of pyridine rings is 1. The SMILES string of the molecule is Fc1cccc(Cc2nc3cccnc3n2C2CC2)c1. The topological polar surface area (TPSA) is 30.7 Å². The molecule has 0 aliphatic heterocycles. The lowest BCUT2D eigenvalue weighted by Gasteiger charge is -2.07. The predicted molar refractivity (Wildman–Crippen MR) is 75.0 cm³/mol. The van der Waals surface area contributed by atoms with Crippen LogP contribution >= 0.6 is 0 Å². The second-order valence-electron chi connectivity index (χ2n) is 5.28. The highest BCUT2D eigenvalue weighted by molar-refractivity contribution is 5.71. The Morgan fingerprint density at radius 2 is 2.10 bits per heavy atom. The molecule has 0 radical (unpaired) electrons. The van der Waals surface area contributed by atoms with Gasteiger partial charge < -0.3 is 4.57 Å². The number of rotatable bonds is 3. The summed E-state index contributed by atoms with van der Waals surface area (Å²) in [5.74, 6) is 0.779. The number of benzene rings is 1. The van der Waals surface area contributed by atoms with Crippen LogP contribution in [0, 0.1) is 5.82 Å². The fourth-order valence-electron chi connectivity index (χ4n) is 2.65. The van der Waals surface area contributed by atoms with Crippen molar-refractivity contribution in [1.29, 1.82) is 0 Å². The molecule has 1 aromatic carbocycles. The Morgan fingerprint density at radius 1 is 1.20 bits per heavy atom. The number of imidazole rings is 1. The van der Waals surface area contributed by atoms with Crippen molar-refractivity contribution in [3.63, 3.8) is 0 Å². The van der Waals surface area contributed by atoms with Crippen LogP contribution in [0.3, 0.4) is 0 Å². The molecule has 4 rings (SSSR count). The zero-order chi connectivity index (χ0) is 13.5. The van der Waals surface area contributed by atoms with Gasteiger partial charge in [-0.3, -0.25) is 0 Å². The molecule has 100 valence electrons. The highest BCUT2D eigenvalue weighted by atomic mass is 19.1. The largest absolute Gasteiger partial charge is 0.309 e. The molecule has 0 spiro atoms. The van der Waals surface area contributed by atoms with Crippen LogP contribution in [-0.2, 0) is 6.42 Å². The number of fused-ring (bicyclic) bond motifs is 1. The lowest BCUT2D eigenvalue weighted by Crippen LogP contribution is -2.03. The van der Waals surface area contributed by atoms with Crippen molar-refractivity contribution in [2.24, 2.45) is 0 Å². The molecule has 1 aliphatic rings. The van der Waals surface area contributed by atoms with Gasteiger partial charge >= 0.3 is 0 Å². The van der Waals surface area contributed by atoms with Gasteiger partial charge in [0, 0.05) is 18.7 Å². The van der Waals surface area contributed by atoms with E-state index >= 15 is 0 Å². The van der Waals surface area contributed by atoms with Gasteiger partial charge in [-0.2, -0.15) is 0 Å². The highest BCUT2D eigenvalue weighted by Crippen LogP contribution is 2.38. The maximum absolute atomic E-state index is 13.3. The quantitative estimate of drug-likeness (QED) is 0.727. The third-order valence-corrected chi connectivity index (χ3v) is 3.69. The fourth-order valence-corrected chi connectivity index (χ4v) is 2.65. The van der Waals surface area contributed by atoms with Gasteiger partial charge in [-0.25, -0.2) is 14.4 Å². The van der Waals surface area contributed by atoms with Gasteiger partial charge in [0.1, 0.15) is 17.2 Å². The lowest BCUT2D eigenvalue weighted by molar-refractivity contribution is 0.625. The van der Waals surface area contributed by atoms with Crippen molar-refractivity contribution in [2.45, 2.75) is 25.3 Å². The molecule has 2 heterocycles. The average Bonchev–Trinajstić information content (AvgIpc) is 3.20. The van der Waals surface area contributed by atoms with E-state index in [1.807, 2.05) is 18.2 Å². The molecular weight excluding hydrogens is 253 g/mol. The van der Waals surface area contributed by atoms with Crippen molar-refractivity contribution in [3.05, 3.63) is 59.8 Å². The number of aromatic nitrogens is 3. The van der Waals surface area contributed by atoms with Crippen molar-refractivity contribution >= 4 is 11.2 Å². The summed E-state index contributed by atoms with van der Waals surface area (Å²) >= 11 is 0. The van der Waals surface area contributed by atoms with E-state index in [2.05, 4.69) is 14.5 Å². The van der Waals surface area contributed by atoms with Crippen molar-refractivity contribution in [2.75, 3.05) is 0 Å². The molecule has 0 amide bonds. The Labute approximate surface area is 116 Å². The van der Waals surface area contributed by atoms with Crippen LogP contribution in [0.4, 0.5) is 4.39 Å². The molecule has 0 saturated heterocycles. The van der Waals surface area contributed by atoms with Crippen molar-refractivity contribution in [1.82, 2.24) is 14.5 Å². The third kappa shape index (κ3) is 1.97. The standard InChI is InChI=1S/C16H14FN3/c17-12-4-1-3-11(9-12)10-15-19-14-5-2-8-18-16(14)20(15)13-6-7-13/h1-5,8-9,13H,6-7,10H2. The van der Waals surface area contributed by atoms with Gasteiger partial charge in [0.2, 0.25) is 0 Å². The van der Waals surface area contributed by atoms with Gasteiger partial charge in [0.25, 0.3) is 0 Å². The molecule has 4 heteroatoms. The maximum Gasteiger partial charge on any atom is 0.160 e. The number of halogens is 1. The van der Waals surface area contributed by atoms with Gasteiger partial charge in [-0.1, -0.05) is 12.1 Å². The monoisotopic (exact) mass is 267 g/mol. The molecule has 0 N–H and O–H groups in total. The third-order valence-electron chi connectivity index (χ3n) is 3.69. The van der Waals surface area contributed by atoms with Crippen molar-refractivity contribution in [3.8, 4) is 0 Å². The van der Waals surface area contributed by atoms with E-state index in [4.69, 9.17) is 0 Å². The van der Waals surface area contributed by atoms with Crippen LogP contribution in [-0.4, -0.2) is 14.5 Å². The van der Waals surface area contributed by atoms with E-state index in [0.29, 0.717) is 12.5 Å². The highest BCUT2D eigenvalue weighted by Gasteiger charge is 2.28. The molecule has 2 aromatic heterocycles. The summed E-state index contributed by atoms with van der Waals surface area (Å²) in [5.41, 5.74) is 2.81. The zero-order valence-electron chi connectivity index (χ0n) is 11.0. The first kappa shape index (κ1) is 11.6. The molecule has 0 bridgehead atoms. The molecule has 1 aliphatic carbocycles. The summed E-state index contributed by atoms with van der Waals surface area (Å²) in [5, 5.41) is 0. The van der Waals surface area contributed by atoms with Crippen LogP contribution in [0.2, 0.25) is 0 Å². The van der Waals surface area contributed by atoms with E-state index < -0.39 is 0 Å². The summed E-state index contributed by atoms with van der Waals surface area (Å²) in [6.07, 6.45) is 4.80. The zero-order valence-corrected chi connectivity index (χ0v) is 11.0. The van der Waals surface area contributed by atoms with Gasteiger partial charge in [0.05, 0.1) is 0 Å². The van der Waals surface area contributed by atoms with Crippen LogP contribution in [0.15, 0.2) is 42.6 Å². The molecule has 1 fully saturated rings. The fraction of sp³-hybridized carbons (Fsp3) is 0.250. The minimum absolute atomic E-state index is 0.199. The van der Waals surface area contributed by atoms with E-state index in [9.17, 15) is 4.39 Å². The Balaban J connectivity index is 1.81. The second kappa shape index (κ2) is 4.40. The Bertz CT molecular complexity index is 774. The first-order chi connectivity index (χ1) is 9.81. The molecular formula is C16H14FN3. The molecule has 1 saturated carbocycles. The van der Waals surface area contributed by atoms with Gasteiger partial charge in [-0.05, 0) is 42.7 Å². The Kier molecular flexibility index (Phi) is 2.55. The van der Waals surface area contributed by atoms with Crippen LogP contribution < -0.4 is 0 Å². The van der Waals surface area contributed by atoms with Crippen molar-refractivity contribution < 1.29 is 4.39 Å². The number of hydrogen-bond acceptors (Lipinski definition) is 2. The predicted octanol–water partition coefficient (Wildman–Crippen LogP) is 3.50. The van der Waals surface area contributed by atoms with Gasteiger partial charge in [0.15, 0.2) is 5.65 Å². The van der Waals surface area contributed by atoms with E-state index in [1.165, 1.54) is 18.9 Å².